The SMILES string of the molecule is Cc1cc2oc3c(c(=O)c2cc1C)C(c1cccc(Oc2ccccc2)c1)N(Cc1ccc2c(c1)OCO2)C3=O. The Morgan fingerprint density at radius 3 is 2.45 bits per heavy atom. The van der Waals surface area contributed by atoms with Crippen LogP contribution in [0.3, 0.4) is 0 Å². The lowest BCUT2D eigenvalue weighted by Gasteiger charge is -2.25. The van der Waals surface area contributed by atoms with Crippen molar-refractivity contribution >= 4 is 16.9 Å². The topological polar surface area (TPSA) is 78.2 Å². The minimum atomic E-state index is -0.672. The van der Waals surface area contributed by atoms with Crippen LogP contribution in [0.15, 0.2) is 94.1 Å². The second-order valence-electron chi connectivity index (χ2n) is 10.1. The molecule has 0 fully saturated rings. The van der Waals surface area contributed by atoms with Crippen molar-refractivity contribution in [3.63, 3.8) is 0 Å². The maximum absolute atomic E-state index is 14.0. The molecule has 0 bridgehead atoms. The molecule has 40 heavy (non-hydrogen) atoms. The second kappa shape index (κ2) is 9.31. The molecule has 4 aromatic carbocycles. The van der Waals surface area contributed by atoms with E-state index in [4.69, 9.17) is 18.6 Å². The Morgan fingerprint density at radius 1 is 0.825 bits per heavy atom. The van der Waals surface area contributed by atoms with Gasteiger partial charge in [-0.3, -0.25) is 9.59 Å². The maximum Gasteiger partial charge on any atom is 0.291 e. The third-order valence-corrected chi connectivity index (χ3v) is 7.52. The number of rotatable bonds is 5. The normalized spacial score (nSPS) is 15.5. The highest BCUT2D eigenvalue weighted by Crippen LogP contribution is 2.41. The Bertz CT molecular complexity index is 1860. The summed E-state index contributed by atoms with van der Waals surface area (Å²) < 4.78 is 23.3. The van der Waals surface area contributed by atoms with E-state index >= 15 is 0 Å². The van der Waals surface area contributed by atoms with Gasteiger partial charge in [0, 0.05) is 6.54 Å². The Balaban J connectivity index is 1.37. The first-order valence-electron chi connectivity index (χ1n) is 13.1. The number of nitrogens with zero attached hydrogens (tertiary/aromatic N) is 1. The van der Waals surface area contributed by atoms with Gasteiger partial charge in [-0.1, -0.05) is 36.4 Å². The molecule has 0 saturated heterocycles. The minimum Gasteiger partial charge on any atom is -0.457 e. The van der Waals surface area contributed by atoms with Gasteiger partial charge in [-0.15, -0.1) is 0 Å². The van der Waals surface area contributed by atoms with Gasteiger partial charge >= 0.3 is 0 Å². The van der Waals surface area contributed by atoms with Crippen LogP contribution in [0.25, 0.3) is 11.0 Å². The summed E-state index contributed by atoms with van der Waals surface area (Å²) in [5, 5.41) is 0.460. The average Bonchev–Trinajstić information content (AvgIpc) is 3.53. The molecule has 2 aliphatic heterocycles. The number of carbonyl (C=O) groups is 1. The number of benzene rings is 4. The summed E-state index contributed by atoms with van der Waals surface area (Å²) in [6.45, 7) is 4.31. The highest BCUT2D eigenvalue weighted by atomic mass is 16.7. The van der Waals surface area contributed by atoms with Crippen LogP contribution in [0.4, 0.5) is 0 Å². The monoisotopic (exact) mass is 531 g/mol. The minimum absolute atomic E-state index is 0.0703. The number of hydrogen-bond donors (Lipinski definition) is 0. The summed E-state index contributed by atoms with van der Waals surface area (Å²) in [6, 6.07) is 25.5. The third-order valence-electron chi connectivity index (χ3n) is 7.52. The van der Waals surface area contributed by atoms with Crippen LogP contribution in [-0.4, -0.2) is 17.6 Å². The lowest BCUT2D eigenvalue weighted by Crippen LogP contribution is -2.29. The van der Waals surface area contributed by atoms with Crippen molar-refractivity contribution in [2.24, 2.45) is 0 Å². The van der Waals surface area contributed by atoms with Crippen LogP contribution < -0.4 is 19.6 Å². The molecule has 7 rings (SSSR count). The molecule has 0 saturated carbocycles. The van der Waals surface area contributed by atoms with Gasteiger partial charge in [-0.05, 0) is 84.6 Å². The van der Waals surface area contributed by atoms with Crippen LogP contribution >= 0.6 is 0 Å². The van der Waals surface area contributed by atoms with E-state index in [0.29, 0.717) is 39.5 Å². The summed E-state index contributed by atoms with van der Waals surface area (Å²) in [6.07, 6.45) is 0. The zero-order valence-electron chi connectivity index (χ0n) is 22.0. The summed E-state index contributed by atoms with van der Waals surface area (Å²) in [5.41, 5.74) is 4.09. The fourth-order valence-electron chi connectivity index (χ4n) is 5.39. The van der Waals surface area contributed by atoms with Gasteiger partial charge in [0.05, 0.1) is 17.0 Å². The van der Waals surface area contributed by atoms with Gasteiger partial charge in [0.2, 0.25) is 12.6 Å². The number of aryl methyl sites for hydroxylation is 2. The first kappa shape index (κ1) is 24.0. The van der Waals surface area contributed by atoms with E-state index < -0.39 is 6.04 Å². The average molecular weight is 532 g/mol. The van der Waals surface area contributed by atoms with Gasteiger partial charge in [0.15, 0.2) is 16.9 Å². The third kappa shape index (κ3) is 3.98. The summed E-state index contributed by atoms with van der Waals surface area (Å²) >= 11 is 0. The Hall–Kier alpha value is -5.04. The molecule has 3 heterocycles. The second-order valence-corrected chi connectivity index (χ2v) is 10.1. The number of ether oxygens (including phenoxy) is 3. The number of hydrogen-bond acceptors (Lipinski definition) is 6. The molecule has 0 N–H and O–H groups in total. The molecule has 0 aliphatic carbocycles. The molecule has 0 spiro atoms. The first-order valence-corrected chi connectivity index (χ1v) is 13.1. The largest absolute Gasteiger partial charge is 0.457 e. The maximum atomic E-state index is 14.0. The Kier molecular flexibility index (Phi) is 5.59. The van der Waals surface area contributed by atoms with E-state index in [1.54, 1.807) is 4.90 Å². The number of amides is 1. The standard InChI is InChI=1S/C33H25NO6/c1-19-13-25-27(14-20(19)2)40-32-29(31(25)35)30(22-7-6-10-24(16-22)39-23-8-4-3-5-9-23)34(33(32)36)17-21-11-12-26-28(15-21)38-18-37-26/h3-16,30H,17-18H2,1-2H3. The van der Waals surface area contributed by atoms with E-state index in [1.807, 2.05) is 98.8 Å². The highest BCUT2D eigenvalue weighted by molar-refractivity contribution is 5.99. The molecule has 0 radical (unpaired) electrons. The zero-order valence-corrected chi connectivity index (χ0v) is 22.0. The number of fused-ring (bicyclic) bond motifs is 3. The predicted molar refractivity (Wildman–Crippen MR) is 149 cm³/mol. The van der Waals surface area contributed by atoms with Gasteiger partial charge in [-0.2, -0.15) is 0 Å². The van der Waals surface area contributed by atoms with Crippen molar-refractivity contribution in [1.82, 2.24) is 4.90 Å². The summed E-state index contributed by atoms with van der Waals surface area (Å²) in [5.74, 6) is 2.31. The van der Waals surface area contributed by atoms with Crippen LogP contribution in [0, 0.1) is 13.8 Å². The number of para-hydroxylation sites is 1. The van der Waals surface area contributed by atoms with E-state index in [9.17, 15) is 9.59 Å². The quantitative estimate of drug-likeness (QED) is 0.252. The first-order chi connectivity index (χ1) is 19.5. The summed E-state index contributed by atoms with van der Waals surface area (Å²) in [7, 11) is 0. The van der Waals surface area contributed by atoms with Crippen molar-refractivity contribution in [1.29, 1.82) is 0 Å². The van der Waals surface area contributed by atoms with Crippen molar-refractivity contribution in [3.05, 3.63) is 129 Å². The molecule has 1 amide bonds. The zero-order chi connectivity index (χ0) is 27.4. The highest BCUT2D eigenvalue weighted by Gasteiger charge is 2.43. The number of carbonyl (C=O) groups excluding carboxylic acids is 1. The van der Waals surface area contributed by atoms with E-state index in [1.165, 1.54) is 0 Å². The molecular weight excluding hydrogens is 506 g/mol. The van der Waals surface area contributed by atoms with Crippen molar-refractivity contribution in [2.75, 3.05) is 6.79 Å². The van der Waals surface area contributed by atoms with E-state index in [2.05, 4.69) is 0 Å². The van der Waals surface area contributed by atoms with Gasteiger partial charge in [0.25, 0.3) is 5.91 Å². The lowest BCUT2D eigenvalue weighted by atomic mass is 9.97. The van der Waals surface area contributed by atoms with Crippen molar-refractivity contribution in [3.8, 4) is 23.0 Å². The smallest absolute Gasteiger partial charge is 0.291 e. The fraction of sp³-hybridized carbons (Fsp3) is 0.152. The molecule has 1 aromatic heterocycles. The fourth-order valence-corrected chi connectivity index (χ4v) is 5.39. The summed E-state index contributed by atoms with van der Waals surface area (Å²) in [4.78, 5) is 29.7. The van der Waals surface area contributed by atoms with Crippen LogP contribution in [0.5, 0.6) is 23.0 Å². The molecule has 198 valence electrons. The van der Waals surface area contributed by atoms with E-state index in [0.717, 1.165) is 22.3 Å². The van der Waals surface area contributed by atoms with Gasteiger partial charge < -0.3 is 23.5 Å². The van der Waals surface area contributed by atoms with Crippen molar-refractivity contribution in [2.45, 2.75) is 26.4 Å². The van der Waals surface area contributed by atoms with Crippen LogP contribution in [0.1, 0.15) is 44.4 Å². The molecule has 1 atom stereocenters. The Labute approximate surface area is 230 Å². The van der Waals surface area contributed by atoms with Crippen LogP contribution in [-0.2, 0) is 6.54 Å². The van der Waals surface area contributed by atoms with Gasteiger partial charge in [-0.25, -0.2) is 0 Å². The van der Waals surface area contributed by atoms with E-state index in [-0.39, 0.29) is 30.4 Å². The Morgan fingerprint density at radius 2 is 1.60 bits per heavy atom. The molecular formula is C33H25NO6. The predicted octanol–water partition coefficient (Wildman–Crippen LogP) is 6.68. The molecule has 2 aliphatic rings. The van der Waals surface area contributed by atoms with Gasteiger partial charge in [0.1, 0.15) is 17.1 Å². The molecule has 7 nitrogen and oxygen atoms in total. The lowest BCUT2D eigenvalue weighted by molar-refractivity contribution is 0.0714. The molecule has 1 unspecified atom stereocenters. The van der Waals surface area contributed by atoms with Crippen molar-refractivity contribution < 1.29 is 23.4 Å². The van der Waals surface area contributed by atoms with Crippen LogP contribution in [0.2, 0.25) is 0 Å². The molecule has 7 heteroatoms. The molecule has 5 aromatic rings.